The third kappa shape index (κ3) is 9.09. The van der Waals surface area contributed by atoms with Crippen molar-refractivity contribution < 1.29 is 27.9 Å². The van der Waals surface area contributed by atoms with Crippen LogP contribution < -0.4 is 4.90 Å². The highest BCUT2D eigenvalue weighted by Gasteiger charge is 2.54. The van der Waals surface area contributed by atoms with Crippen molar-refractivity contribution in [2.45, 2.75) is 95.8 Å². The Labute approximate surface area is 250 Å². The smallest absolute Gasteiger partial charge is 0.475 e. The van der Waals surface area contributed by atoms with E-state index in [4.69, 9.17) is 9.90 Å². The lowest BCUT2D eigenvalue weighted by Crippen LogP contribution is -2.58. The van der Waals surface area contributed by atoms with Gasteiger partial charge in [0.25, 0.3) is 0 Å². The zero-order chi connectivity index (χ0) is 30.9. The molecule has 42 heavy (non-hydrogen) atoms. The highest BCUT2D eigenvalue weighted by atomic mass is 19.4. The Hall–Kier alpha value is -2.33. The zero-order valence-corrected chi connectivity index (χ0v) is 25.9. The maximum absolute atomic E-state index is 13.9. The van der Waals surface area contributed by atoms with Gasteiger partial charge in [-0.3, -0.25) is 4.79 Å². The second-order valence-corrected chi connectivity index (χ2v) is 12.9. The fourth-order valence-corrected chi connectivity index (χ4v) is 6.85. The molecule has 238 valence electrons. The van der Waals surface area contributed by atoms with Crippen molar-refractivity contribution in [1.29, 1.82) is 0 Å². The lowest BCUT2D eigenvalue weighted by molar-refractivity contribution is -0.192. The number of carboxylic acids is 1. The first-order valence-electron chi connectivity index (χ1n) is 15.7. The van der Waals surface area contributed by atoms with Crippen molar-refractivity contribution in [1.82, 2.24) is 14.7 Å². The van der Waals surface area contributed by atoms with E-state index in [2.05, 4.69) is 77.9 Å². The number of amides is 1. The van der Waals surface area contributed by atoms with Crippen molar-refractivity contribution in [3.8, 4) is 0 Å². The predicted octanol–water partition coefficient (Wildman–Crippen LogP) is 6.10. The number of halogens is 3. The average Bonchev–Trinajstić information content (AvgIpc) is 3.21. The van der Waals surface area contributed by atoms with Crippen LogP contribution in [-0.2, 0) is 9.59 Å². The third-order valence-corrected chi connectivity index (χ3v) is 9.43. The van der Waals surface area contributed by atoms with Gasteiger partial charge in [0.05, 0.1) is 6.67 Å². The molecule has 1 saturated carbocycles. The number of hydrogen-bond acceptors (Lipinski definition) is 5. The van der Waals surface area contributed by atoms with E-state index in [1.807, 2.05) is 0 Å². The lowest BCUT2D eigenvalue weighted by atomic mass is 9.78. The lowest BCUT2D eigenvalue weighted by Gasteiger charge is -2.47. The Morgan fingerprint density at radius 2 is 1.57 bits per heavy atom. The van der Waals surface area contributed by atoms with Crippen molar-refractivity contribution in [2.75, 3.05) is 51.8 Å². The Morgan fingerprint density at radius 3 is 2.10 bits per heavy atom. The normalized spacial score (nSPS) is 23.0. The minimum atomic E-state index is -5.08. The molecule has 2 aliphatic heterocycles. The van der Waals surface area contributed by atoms with Crippen LogP contribution in [0.4, 0.5) is 18.9 Å². The summed E-state index contributed by atoms with van der Waals surface area (Å²) >= 11 is 0. The van der Waals surface area contributed by atoms with Gasteiger partial charge in [0, 0.05) is 31.4 Å². The van der Waals surface area contributed by atoms with Crippen LogP contribution in [0.1, 0.15) is 78.1 Å². The van der Waals surface area contributed by atoms with Crippen LogP contribution in [0.3, 0.4) is 0 Å². The van der Waals surface area contributed by atoms with Crippen LogP contribution >= 0.6 is 0 Å². The zero-order valence-electron chi connectivity index (χ0n) is 25.9. The molecular formula is C32H51F3N4O3. The molecule has 1 amide bonds. The molecule has 10 heteroatoms. The first kappa shape index (κ1) is 34.2. The molecule has 0 bridgehead atoms. The van der Waals surface area contributed by atoms with E-state index in [0.29, 0.717) is 5.91 Å². The van der Waals surface area contributed by atoms with Crippen LogP contribution in [0.5, 0.6) is 0 Å². The van der Waals surface area contributed by atoms with Gasteiger partial charge in [0.15, 0.2) is 0 Å². The number of aliphatic carboxylic acids is 1. The molecule has 0 radical (unpaired) electrons. The Kier molecular flexibility index (Phi) is 12.5. The molecule has 3 fully saturated rings. The second kappa shape index (κ2) is 15.4. The van der Waals surface area contributed by atoms with Gasteiger partial charge in [-0.15, -0.1) is 0 Å². The minimum absolute atomic E-state index is 0.349. The minimum Gasteiger partial charge on any atom is -0.475 e. The molecule has 2 saturated heterocycles. The number of benzene rings is 1. The number of nitrogens with zero attached hydrogens (tertiary/aromatic N) is 4. The van der Waals surface area contributed by atoms with E-state index in [9.17, 15) is 18.0 Å². The summed E-state index contributed by atoms with van der Waals surface area (Å²) in [6.07, 6.45) is 7.10. The number of hydrogen-bond donors (Lipinski definition) is 1. The molecule has 0 unspecified atom stereocenters. The number of unbranched alkanes of at least 4 members (excludes halogenated alkanes) is 3. The van der Waals surface area contributed by atoms with Crippen LogP contribution in [0, 0.1) is 11.8 Å². The number of alkyl halides is 3. The molecule has 1 spiro atoms. The van der Waals surface area contributed by atoms with E-state index in [-0.39, 0.29) is 5.54 Å². The number of rotatable bonds is 10. The summed E-state index contributed by atoms with van der Waals surface area (Å²) in [6.45, 7) is 9.69. The number of carboxylic acid groups (broad SMARTS) is 1. The van der Waals surface area contributed by atoms with Crippen LogP contribution in [0.25, 0.3) is 0 Å². The topological polar surface area (TPSA) is 67.3 Å². The molecule has 0 atom stereocenters. The Bertz CT molecular complexity index is 973. The number of carbonyl (C=O) groups excluding carboxylic acids is 1. The molecular weight excluding hydrogens is 545 g/mol. The average molecular weight is 597 g/mol. The summed E-state index contributed by atoms with van der Waals surface area (Å²) in [5.74, 6) is -0.649. The van der Waals surface area contributed by atoms with Crippen molar-refractivity contribution in [3.63, 3.8) is 0 Å². The maximum Gasteiger partial charge on any atom is 0.490 e. The van der Waals surface area contributed by atoms with Gasteiger partial charge >= 0.3 is 12.1 Å². The van der Waals surface area contributed by atoms with Crippen LogP contribution in [0.15, 0.2) is 30.3 Å². The number of likely N-dealkylation sites (tertiary alicyclic amines) is 1. The second-order valence-electron chi connectivity index (χ2n) is 12.9. The summed E-state index contributed by atoms with van der Waals surface area (Å²) in [4.78, 5) is 32.4. The molecule has 1 aromatic carbocycles. The van der Waals surface area contributed by atoms with E-state index in [0.717, 1.165) is 70.0 Å². The number of anilines is 1. The molecule has 0 aromatic heterocycles. The molecule has 2 heterocycles. The highest BCUT2D eigenvalue weighted by Crippen LogP contribution is 2.41. The summed E-state index contributed by atoms with van der Waals surface area (Å²) < 4.78 is 31.7. The van der Waals surface area contributed by atoms with Gasteiger partial charge in [-0.25, -0.2) is 4.79 Å². The number of para-hydroxylation sites is 1. The van der Waals surface area contributed by atoms with Gasteiger partial charge in [-0.05, 0) is 96.0 Å². The standard InChI is InChI=1S/C30H50N4O.C2HF3O2/c1-25(2)26-14-16-27(17-15-26)32-22-18-30(19-23-32)29(35)33(21-11-6-5-10-20-31(3)4)24-34(30)28-12-8-7-9-13-28;3-2(4,5)1(6)7/h7-9,12-13,25-27H,5-6,10-11,14-24H2,1-4H3;(H,6,7). The van der Waals surface area contributed by atoms with Crippen molar-refractivity contribution in [2.24, 2.45) is 11.8 Å². The number of piperidine rings is 1. The van der Waals surface area contributed by atoms with E-state index < -0.39 is 12.1 Å². The fourth-order valence-electron chi connectivity index (χ4n) is 6.85. The molecule has 3 aliphatic rings. The third-order valence-electron chi connectivity index (χ3n) is 9.43. The molecule has 1 N–H and O–H groups in total. The Balaban J connectivity index is 0.000000616. The summed E-state index contributed by atoms with van der Waals surface area (Å²) in [5, 5.41) is 7.12. The molecule has 1 aromatic rings. The van der Waals surface area contributed by atoms with Crippen LogP contribution in [-0.4, -0.2) is 96.4 Å². The number of carbonyl (C=O) groups is 2. The SMILES string of the molecule is CC(C)C1CCC(N2CCC3(CC2)C(=O)N(CCCCCCN(C)C)CN3c2ccccc2)CC1.O=C(O)C(F)(F)F. The highest BCUT2D eigenvalue weighted by molar-refractivity contribution is 5.93. The van der Waals surface area contributed by atoms with E-state index in [1.165, 1.54) is 50.6 Å². The van der Waals surface area contributed by atoms with Crippen molar-refractivity contribution >= 4 is 17.6 Å². The summed E-state index contributed by atoms with van der Waals surface area (Å²) in [6, 6.07) is 11.4. The Morgan fingerprint density at radius 1 is 1.00 bits per heavy atom. The van der Waals surface area contributed by atoms with E-state index >= 15 is 0 Å². The first-order valence-corrected chi connectivity index (χ1v) is 15.7. The summed E-state index contributed by atoms with van der Waals surface area (Å²) in [5.41, 5.74) is 0.859. The van der Waals surface area contributed by atoms with Gasteiger partial charge in [-0.2, -0.15) is 13.2 Å². The molecule has 4 rings (SSSR count). The van der Waals surface area contributed by atoms with Gasteiger partial charge in [0.1, 0.15) is 5.54 Å². The summed E-state index contributed by atoms with van der Waals surface area (Å²) in [7, 11) is 4.28. The van der Waals surface area contributed by atoms with Crippen LogP contribution in [0.2, 0.25) is 0 Å². The van der Waals surface area contributed by atoms with Gasteiger partial charge in [-0.1, -0.05) is 44.9 Å². The van der Waals surface area contributed by atoms with Gasteiger partial charge < -0.3 is 24.7 Å². The van der Waals surface area contributed by atoms with Crippen molar-refractivity contribution in [3.05, 3.63) is 30.3 Å². The predicted molar refractivity (Wildman–Crippen MR) is 160 cm³/mol. The molecule has 1 aliphatic carbocycles. The maximum atomic E-state index is 13.9. The largest absolute Gasteiger partial charge is 0.490 e. The monoisotopic (exact) mass is 596 g/mol. The quantitative estimate of drug-likeness (QED) is 0.330. The first-order chi connectivity index (χ1) is 19.8. The fraction of sp³-hybridized carbons (Fsp3) is 0.750. The van der Waals surface area contributed by atoms with E-state index in [1.54, 1.807) is 0 Å². The molecule has 7 nitrogen and oxygen atoms in total. The van der Waals surface area contributed by atoms with Gasteiger partial charge in [0.2, 0.25) is 5.91 Å².